The van der Waals surface area contributed by atoms with Gasteiger partial charge in [0.25, 0.3) is 11.1 Å². The van der Waals surface area contributed by atoms with Gasteiger partial charge in [0, 0.05) is 56.4 Å². The molecule has 150 valence electrons. The zero-order chi connectivity index (χ0) is 20.2. The second-order valence-corrected chi connectivity index (χ2v) is 7.68. The monoisotopic (exact) mass is 391 g/mol. The fourth-order valence-electron chi connectivity index (χ4n) is 3.77. The van der Waals surface area contributed by atoms with Crippen LogP contribution in [0.15, 0.2) is 64.6 Å². The summed E-state index contributed by atoms with van der Waals surface area (Å²) in [7, 11) is 1.76. The average molecular weight is 391 g/mol. The molecule has 1 fully saturated rings. The molecule has 7 heteroatoms. The normalized spacial score (nSPS) is 15.5. The summed E-state index contributed by atoms with van der Waals surface area (Å²) in [6.45, 7) is 3.34. The minimum absolute atomic E-state index is 0.0249. The Morgan fingerprint density at radius 2 is 1.76 bits per heavy atom. The van der Waals surface area contributed by atoms with Crippen molar-refractivity contribution in [2.24, 2.45) is 13.0 Å². The van der Waals surface area contributed by atoms with Gasteiger partial charge >= 0.3 is 0 Å². The third-order valence-corrected chi connectivity index (χ3v) is 5.56. The second kappa shape index (κ2) is 8.53. The summed E-state index contributed by atoms with van der Waals surface area (Å²) < 4.78 is 3.18. The molecular weight excluding hydrogens is 366 g/mol. The number of nitrogens with zero attached hydrogens (tertiary/aromatic N) is 5. The molecule has 0 unspecified atom stereocenters. The molecular formula is C22H25N5O2. The van der Waals surface area contributed by atoms with Gasteiger partial charge in [-0.2, -0.15) is 5.10 Å². The Hall–Kier alpha value is -3.06. The highest BCUT2D eigenvalue weighted by atomic mass is 16.1. The van der Waals surface area contributed by atoms with Crippen LogP contribution in [0.1, 0.15) is 18.4 Å². The maximum absolute atomic E-state index is 12.3. The molecule has 0 aliphatic carbocycles. The van der Waals surface area contributed by atoms with Gasteiger partial charge in [0.05, 0.1) is 5.69 Å². The van der Waals surface area contributed by atoms with E-state index in [0.717, 1.165) is 49.3 Å². The van der Waals surface area contributed by atoms with Crippen molar-refractivity contribution in [1.29, 1.82) is 0 Å². The van der Waals surface area contributed by atoms with Crippen molar-refractivity contribution in [3.63, 3.8) is 0 Å². The van der Waals surface area contributed by atoms with E-state index in [9.17, 15) is 9.59 Å². The van der Waals surface area contributed by atoms with Gasteiger partial charge in [0.1, 0.15) is 0 Å². The van der Waals surface area contributed by atoms with Crippen molar-refractivity contribution >= 4 is 0 Å². The standard InChI is InChI=1S/C22H25N5O2/c1-25-11-6-18(14-22(25)29)15-26-12-7-17(8-13-26)16-27-21(28)3-2-20(24-27)19-4-9-23-10-5-19/h2-6,9-11,14,17H,7-8,12-13,15-16H2,1H3. The van der Waals surface area contributed by atoms with Gasteiger partial charge in [0.15, 0.2) is 0 Å². The lowest BCUT2D eigenvalue weighted by atomic mass is 9.96. The number of hydrogen-bond acceptors (Lipinski definition) is 5. The minimum atomic E-state index is -0.0645. The highest BCUT2D eigenvalue weighted by Gasteiger charge is 2.20. The van der Waals surface area contributed by atoms with E-state index < -0.39 is 0 Å². The van der Waals surface area contributed by atoms with Crippen LogP contribution in [0.25, 0.3) is 11.3 Å². The van der Waals surface area contributed by atoms with E-state index in [-0.39, 0.29) is 11.1 Å². The van der Waals surface area contributed by atoms with E-state index in [1.165, 1.54) is 0 Å². The number of likely N-dealkylation sites (tertiary alicyclic amines) is 1. The first-order chi connectivity index (χ1) is 14.1. The van der Waals surface area contributed by atoms with Gasteiger partial charge in [-0.15, -0.1) is 0 Å². The van der Waals surface area contributed by atoms with Crippen LogP contribution in [0.3, 0.4) is 0 Å². The molecule has 0 saturated carbocycles. The molecule has 7 nitrogen and oxygen atoms in total. The number of piperidine rings is 1. The topological polar surface area (TPSA) is 73.0 Å². The zero-order valence-corrected chi connectivity index (χ0v) is 16.6. The first kappa shape index (κ1) is 19.3. The molecule has 3 aromatic heterocycles. The smallest absolute Gasteiger partial charge is 0.266 e. The summed E-state index contributed by atoms with van der Waals surface area (Å²) >= 11 is 0. The number of pyridine rings is 2. The lowest BCUT2D eigenvalue weighted by molar-refractivity contribution is 0.163. The second-order valence-electron chi connectivity index (χ2n) is 7.68. The van der Waals surface area contributed by atoms with Crippen molar-refractivity contribution < 1.29 is 0 Å². The van der Waals surface area contributed by atoms with Crippen LogP contribution in [0, 0.1) is 5.92 Å². The van der Waals surface area contributed by atoms with E-state index in [1.807, 2.05) is 24.4 Å². The third-order valence-electron chi connectivity index (χ3n) is 5.56. The highest BCUT2D eigenvalue weighted by Crippen LogP contribution is 2.20. The van der Waals surface area contributed by atoms with E-state index in [4.69, 9.17) is 0 Å². The molecule has 1 aliphatic heterocycles. The maximum Gasteiger partial charge on any atom is 0.266 e. The minimum Gasteiger partial charge on any atom is -0.319 e. The maximum atomic E-state index is 12.3. The molecule has 0 bridgehead atoms. The zero-order valence-electron chi connectivity index (χ0n) is 16.6. The summed E-state index contributed by atoms with van der Waals surface area (Å²) in [5.74, 6) is 0.424. The number of rotatable bonds is 5. The van der Waals surface area contributed by atoms with Gasteiger partial charge in [-0.05, 0) is 61.7 Å². The Morgan fingerprint density at radius 3 is 2.48 bits per heavy atom. The Bertz CT molecular complexity index is 1080. The van der Waals surface area contributed by atoms with Crippen LogP contribution in [0.2, 0.25) is 0 Å². The number of aromatic nitrogens is 4. The van der Waals surface area contributed by atoms with Crippen molar-refractivity contribution in [3.8, 4) is 11.3 Å². The van der Waals surface area contributed by atoms with E-state index in [0.29, 0.717) is 12.5 Å². The molecule has 0 N–H and O–H groups in total. The van der Waals surface area contributed by atoms with Crippen LogP contribution >= 0.6 is 0 Å². The Morgan fingerprint density at radius 1 is 1.00 bits per heavy atom. The Labute approximate surface area is 169 Å². The predicted molar refractivity (Wildman–Crippen MR) is 111 cm³/mol. The van der Waals surface area contributed by atoms with Crippen LogP contribution in [0.4, 0.5) is 0 Å². The number of aryl methyl sites for hydroxylation is 1. The van der Waals surface area contributed by atoms with Crippen LogP contribution in [-0.2, 0) is 20.1 Å². The Kier molecular flexibility index (Phi) is 5.67. The molecule has 0 radical (unpaired) electrons. The van der Waals surface area contributed by atoms with Gasteiger partial charge in [0.2, 0.25) is 0 Å². The van der Waals surface area contributed by atoms with Gasteiger partial charge < -0.3 is 4.57 Å². The van der Waals surface area contributed by atoms with Crippen molar-refractivity contribution in [2.45, 2.75) is 25.9 Å². The van der Waals surface area contributed by atoms with Gasteiger partial charge in [-0.25, -0.2) is 4.68 Å². The van der Waals surface area contributed by atoms with Crippen molar-refractivity contribution in [3.05, 3.63) is 81.3 Å². The quantitative estimate of drug-likeness (QED) is 0.664. The van der Waals surface area contributed by atoms with E-state index >= 15 is 0 Å². The molecule has 1 saturated heterocycles. The van der Waals surface area contributed by atoms with Crippen molar-refractivity contribution in [2.75, 3.05) is 13.1 Å². The molecule has 0 aromatic carbocycles. The van der Waals surface area contributed by atoms with E-state index in [2.05, 4.69) is 15.0 Å². The lowest BCUT2D eigenvalue weighted by Crippen LogP contribution is -2.36. The third kappa shape index (κ3) is 4.68. The first-order valence-corrected chi connectivity index (χ1v) is 9.95. The molecule has 4 rings (SSSR count). The SMILES string of the molecule is Cn1ccc(CN2CCC(Cn3nc(-c4ccncc4)ccc3=O)CC2)cc1=O. The molecule has 0 amide bonds. The van der Waals surface area contributed by atoms with Crippen LogP contribution < -0.4 is 11.1 Å². The average Bonchev–Trinajstić information content (AvgIpc) is 2.74. The highest BCUT2D eigenvalue weighted by molar-refractivity contribution is 5.56. The summed E-state index contributed by atoms with van der Waals surface area (Å²) in [6, 6.07) is 10.9. The van der Waals surface area contributed by atoms with Crippen molar-refractivity contribution in [1.82, 2.24) is 24.2 Å². The predicted octanol–water partition coefficient (Wildman–Crippen LogP) is 1.92. The fraction of sp³-hybridized carbons (Fsp3) is 0.364. The summed E-state index contributed by atoms with van der Waals surface area (Å²) in [4.78, 5) is 30.5. The van der Waals surface area contributed by atoms with Gasteiger partial charge in [-0.1, -0.05) is 0 Å². The summed E-state index contributed by atoms with van der Waals surface area (Å²) in [5.41, 5.74) is 2.75. The Balaban J connectivity index is 1.38. The molecule has 3 aromatic rings. The summed E-state index contributed by atoms with van der Waals surface area (Å²) in [6.07, 6.45) is 7.30. The van der Waals surface area contributed by atoms with Crippen LogP contribution in [-0.4, -0.2) is 37.3 Å². The fourth-order valence-corrected chi connectivity index (χ4v) is 3.77. The van der Waals surface area contributed by atoms with Crippen LogP contribution in [0.5, 0.6) is 0 Å². The molecule has 0 atom stereocenters. The molecule has 0 spiro atoms. The summed E-state index contributed by atoms with van der Waals surface area (Å²) in [5, 5.41) is 4.57. The molecule has 1 aliphatic rings. The first-order valence-electron chi connectivity index (χ1n) is 9.95. The van der Waals surface area contributed by atoms with E-state index in [1.54, 1.807) is 46.9 Å². The molecule has 4 heterocycles. The molecule has 29 heavy (non-hydrogen) atoms. The lowest BCUT2D eigenvalue weighted by Gasteiger charge is -2.32. The van der Waals surface area contributed by atoms with Gasteiger partial charge in [-0.3, -0.25) is 19.5 Å². The largest absolute Gasteiger partial charge is 0.319 e. The number of hydrogen-bond donors (Lipinski definition) is 0.